The van der Waals surface area contributed by atoms with Crippen LogP contribution in [0.3, 0.4) is 0 Å². The van der Waals surface area contributed by atoms with Gasteiger partial charge in [-0.3, -0.25) is 0 Å². The lowest BCUT2D eigenvalue weighted by Crippen LogP contribution is -2.44. The van der Waals surface area contributed by atoms with Gasteiger partial charge in [0.25, 0.3) is 0 Å². The van der Waals surface area contributed by atoms with Crippen LogP contribution in [0.25, 0.3) is 0 Å². The number of rotatable bonds is 7. The third kappa shape index (κ3) is 7.49. The van der Waals surface area contributed by atoms with Gasteiger partial charge in [-0.25, -0.2) is 13.2 Å². The van der Waals surface area contributed by atoms with E-state index >= 15 is 0 Å². The molecular formula is C25H32Cl2N2O5S. The number of likely N-dealkylation sites (tertiary alicyclic amines) is 1. The van der Waals surface area contributed by atoms with Crippen molar-refractivity contribution in [2.45, 2.75) is 50.7 Å². The topological polar surface area (TPSA) is 76.2 Å². The highest BCUT2D eigenvalue weighted by Gasteiger charge is 2.32. The minimum absolute atomic E-state index is 0.0219. The number of amides is 1. The van der Waals surface area contributed by atoms with Crippen LogP contribution < -0.4 is 4.74 Å². The number of piperidine rings is 1. The Morgan fingerprint density at radius 1 is 1.09 bits per heavy atom. The summed E-state index contributed by atoms with van der Waals surface area (Å²) in [5.74, 6) is 0.759. The molecule has 3 rings (SSSR count). The number of nitrogens with zero attached hydrogens (tertiary/aromatic N) is 2. The molecule has 0 bridgehead atoms. The molecule has 1 aliphatic rings. The average molecular weight is 544 g/mol. The fraction of sp³-hybridized carbons (Fsp3) is 0.480. The highest BCUT2D eigenvalue weighted by molar-refractivity contribution is 7.89. The molecule has 2 aromatic rings. The van der Waals surface area contributed by atoms with Gasteiger partial charge in [0.05, 0.1) is 12.1 Å². The molecule has 192 valence electrons. The fourth-order valence-electron chi connectivity index (χ4n) is 3.91. The Bertz CT molecular complexity index is 1130. The lowest BCUT2D eigenvalue weighted by Gasteiger charge is -2.35. The lowest BCUT2D eigenvalue weighted by atomic mass is 9.97. The highest BCUT2D eigenvalue weighted by atomic mass is 35.5. The Hall–Kier alpha value is -2.00. The van der Waals surface area contributed by atoms with E-state index in [1.165, 1.54) is 16.4 Å². The van der Waals surface area contributed by atoms with Gasteiger partial charge in [-0.05, 0) is 75.4 Å². The zero-order valence-electron chi connectivity index (χ0n) is 20.5. The van der Waals surface area contributed by atoms with Crippen molar-refractivity contribution < 1.29 is 22.7 Å². The summed E-state index contributed by atoms with van der Waals surface area (Å²) in [7, 11) is -2.36. The maximum Gasteiger partial charge on any atom is 0.410 e. The third-order valence-electron chi connectivity index (χ3n) is 5.76. The van der Waals surface area contributed by atoms with Crippen LogP contribution in [0.2, 0.25) is 10.0 Å². The quantitative estimate of drug-likeness (QED) is 0.439. The Kier molecular flexibility index (Phi) is 8.96. The molecular weight excluding hydrogens is 511 g/mol. The Labute approximate surface area is 218 Å². The molecule has 0 radical (unpaired) electrons. The van der Waals surface area contributed by atoms with Crippen molar-refractivity contribution in [2.24, 2.45) is 5.92 Å². The molecule has 0 aliphatic carbocycles. The number of carbonyl (C=O) groups excluding carboxylic acids is 1. The van der Waals surface area contributed by atoms with Crippen LogP contribution in [-0.2, 0) is 21.3 Å². The second-order valence-electron chi connectivity index (χ2n) is 9.63. The van der Waals surface area contributed by atoms with E-state index in [2.05, 4.69) is 0 Å². The van der Waals surface area contributed by atoms with Crippen LogP contribution >= 0.6 is 23.2 Å². The van der Waals surface area contributed by atoms with Crippen molar-refractivity contribution in [3.63, 3.8) is 0 Å². The predicted molar refractivity (Wildman–Crippen MR) is 138 cm³/mol. The number of methoxy groups -OCH3 is 1. The first kappa shape index (κ1) is 27.6. The van der Waals surface area contributed by atoms with Crippen molar-refractivity contribution >= 4 is 39.3 Å². The summed E-state index contributed by atoms with van der Waals surface area (Å²) >= 11 is 12.4. The Balaban J connectivity index is 1.80. The van der Waals surface area contributed by atoms with E-state index in [1.54, 1.807) is 30.2 Å². The average Bonchev–Trinajstić information content (AvgIpc) is 2.80. The Morgan fingerprint density at radius 2 is 1.71 bits per heavy atom. The van der Waals surface area contributed by atoms with Gasteiger partial charge < -0.3 is 14.4 Å². The molecule has 35 heavy (non-hydrogen) atoms. The van der Waals surface area contributed by atoms with Crippen LogP contribution in [0.15, 0.2) is 47.4 Å². The first-order valence-electron chi connectivity index (χ1n) is 11.4. The van der Waals surface area contributed by atoms with E-state index in [-0.39, 0.29) is 28.5 Å². The molecule has 1 amide bonds. The molecule has 0 spiro atoms. The van der Waals surface area contributed by atoms with Crippen molar-refractivity contribution in [1.29, 1.82) is 0 Å². The van der Waals surface area contributed by atoms with Crippen LogP contribution in [0.4, 0.5) is 4.79 Å². The van der Waals surface area contributed by atoms with E-state index in [4.69, 9.17) is 32.7 Å². The second kappa shape index (κ2) is 11.4. The molecule has 1 heterocycles. The molecule has 0 N–H and O–H groups in total. The lowest BCUT2D eigenvalue weighted by molar-refractivity contribution is 0.0177. The van der Waals surface area contributed by atoms with Gasteiger partial charge in [0.2, 0.25) is 10.0 Å². The molecule has 0 aromatic heterocycles. The third-order valence-corrected chi connectivity index (χ3v) is 8.29. The van der Waals surface area contributed by atoms with Crippen molar-refractivity contribution in [3.05, 3.63) is 58.1 Å². The van der Waals surface area contributed by atoms with Crippen LogP contribution in [0, 0.1) is 5.92 Å². The first-order chi connectivity index (χ1) is 16.4. The summed E-state index contributed by atoms with van der Waals surface area (Å²) < 4.78 is 39.5. The summed E-state index contributed by atoms with van der Waals surface area (Å²) in [6, 6.07) is 11.7. The van der Waals surface area contributed by atoms with E-state index in [1.807, 2.05) is 32.9 Å². The summed E-state index contributed by atoms with van der Waals surface area (Å²) in [5, 5.41) is 0.414. The smallest absolute Gasteiger partial charge is 0.410 e. The van der Waals surface area contributed by atoms with Gasteiger partial charge in [0, 0.05) is 31.2 Å². The number of hydrogen-bond acceptors (Lipinski definition) is 5. The van der Waals surface area contributed by atoms with Gasteiger partial charge in [-0.2, -0.15) is 4.31 Å². The normalized spacial score (nSPS) is 15.3. The summed E-state index contributed by atoms with van der Waals surface area (Å²) in [4.78, 5) is 14.1. The maximum atomic E-state index is 13.7. The van der Waals surface area contributed by atoms with Gasteiger partial charge in [0.15, 0.2) is 0 Å². The standard InChI is InChI=1S/C25H32Cl2N2O5S/c1-25(2,3)34-24(30)28-13-11-19(12-14-28)17-29(16-18-5-8-21(33-4)9-6-18)35(31,32)23-15-20(26)7-10-22(23)27/h5-10,15,19H,11-14,16-17H2,1-4H3. The van der Waals surface area contributed by atoms with Crippen LogP contribution in [0.5, 0.6) is 5.75 Å². The molecule has 1 aliphatic heterocycles. The molecule has 2 aromatic carbocycles. The minimum atomic E-state index is -3.94. The minimum Gasteiger partial charge on any atom is -0.497 e. The van der Waals surface area contributed by atoms with Crippen molar-refractivity contribution in [3.8, 4) is 5.75 Å². The van der Waals surface area contributed by atoms with Gasteiger partial charge in [0.1, 0.15) is 16.2 Å². The monoisotopic (exact) mass is 542 g/mol. The Morgan fingerprint density at radius 3 is 2.29 bits per heavy atom. The second-order valence-corrected chi connectivity index (χ2v) is 12.4. The number of halogens is 2. The van der Waals surface area contributed by atoms with E-state index < -0.39 is 15.6 Å². The van der Waals surface area contributed by atoms with E-state index in [0.29, 0.717) is 43.2 Å². The number of benzene rings is 2. The molecule has 0 unspecified atom stereocenters. The maximum absolute atomic E-state index is 13.7. The van der Waals surface area contributed by atoms with Crippen LogP contribution in [0.1, 0.15) is 39.2 Å². The highest BCUT2D eigenvalue weighted by Crippen LogP contribution is 2.31. The SMILES string of the molecule is COc1ccc(CN(CC2CCN(C(=O)OC(C)(C)C)CC2)S(=O)(=O)c2cc(Cl)ccc2Cl)cc1. The van der Waals surface area contributed by atoms with Crippen molar-refractivity contribution in [2.75, 3.05) is 26.7 Å². The zero-order chi connectivity index (χ0) is 25.8. The summed E-state index contributed by atoms with van der Waals surface area (Å²) in [6.07, 6.45) is 0.985. The van der Waals surface area contributed by atoms with Crippen LogP contribution in [-0.4, -0.2) is 56.1 Å². The molecule has 10 heteroatoms. The molecule has 7 nitrogen and oxygen atoms in total. The van der Waals surface area contributed by atoms with E-state index in [9.17, 15) is 13.2 Å². The molecule has 1 fully saturated rings. The van der Waals surface area contributed by atoms with Gasteiger partial charge in [-0.1, -0.05) is 35.3 Å². The van der Waals surface area contributed by atoms with Crippen molar-refractivity contribution in [1.82, 2.24) is 9.21 Å². The number of carbonyl (C=O) groups is 1. The fourth-order valence-corrected chi connectivity index (χ4v) is 6.15. The summed E-state index contributed by atoms with van der Waals surface area (Å²) in [5.41, 5.74) is 0.256. The first-order valence-corrected chi connectivity index (χ1v) is 13.6. The van der Waals surface area contributed by atoms with E-state index in [0.717, 1.165) is 5.56 Å². The number of ether oxygens (including phenoxy) is 2. The molecule has 0 saturated carbocycles. The number of hydrogen-bond donors (Lipinski definition) is 0. The predicted octanol–water partition coefficient (Wildman–Crippen LogP) is 5.84. The molecule has 0 atom stereocenters. The number of sulfonamides is 1. The largest absolute Gasteiger partial charge is 0.497 e. The molecule has 1 saturated heterocycles. The van der Waals surface area contributed by atoms with Gasteiger partial charge in [-0.15, -0.1) is 0 Å². The zero-order valence-corrected chi connectivity index (χ0v) is 22.8. The summed E-state index contributed by atoms with van der Waals surface area (Å²) in [6.45, 7) is 6.98. The van der Waals surface area contributed by atoms with Gasteiger partial charge >= 0.3 is 6.09 Å².